The van der Waals surface area contributed by atoms with Gasteiger partial charge in [0, 0.05) is 5.92 Å². The van der Waals surface area contributed by atoms with Gasteiger partial charge in [-0.3, -0.25) is 0 Å². The molecule has 0 unspecified atom stereocenters. The van der Waals surface area contributed by atoms with Crippen molar-refractivity contribution in [2.75, 3.05) is 0 Å². The number of nitrogens with two attached hydrogens (primary N) is 3. The molecule has 0 amide bonds. The number of hydrogen-bond donors (Lipinski definition) is 3. The van der Waals surface area contributed by atoms with Crippen molar-refractivity contribution in [3.05, 3.63) is 11.5 Å². The van der Waals surface area contributed by atoms with E-state index in [9.17, 15) is 0 Å². The first-order chi connectivity index (χ1) is 4.63. The van der Waals surface area contributed by atoms with Gasteiger partial charge in [0.25, 0.3) is 0 Å². The predicted molar refractivity (Wildman–Crippen MR) is 43.7 cm³/mol. The molecule has 0 heterocycles. The van der Waals surface area contributed by atoms with E-state index in [1.54, 1.807) is 0 Å². The van der Waals surface area contributed by atoms with E-state index in [2.05, 4.69) is 13.8 Å². The Bertz CT molecular complexity index is 121. The van der Waals surface area contributed by atoms with Crippen molar-refractivity contribution in [2.45, 2.75) is 26.7 Å². The van der Waals surface area contributed by atoms with Crippen molar-refractivity contribution in [1.29, 1.82) is 0 Å². The van der Waals surface area contributed by atoms with E-state index in [-0.39, 0.29) is 5.82 Å². The molecule has 60 valence electrons. The summed E-state index contributed by atoms with van der Waals surface area (Å²) in [4.78, 5) is 0. The maximum atomic E-state index is 5.61. The van der Waals surface area contributed by atoms with Gasteiger partial charge in [-0.2, -0.15) is 0 Å². The first-order valence-corrected chi connectivity index (χ1v) is 3.64. The minimum absolute atomic E-state index is 0.272. The first kappa shape index (κ1) is 9.14. The SMILES string of the molecule is CCC(CC)C(N)=C(N)N. The van der Waals surface area contributed by atoms with E-state index >= 15 is 0 Å². The standard InChI is InChI=1S/C7H17N3/c1-3-5(4-2)6(8)7(9)10/h5H,3-4,8-10H2,1-2H3. The summed E-state index contributed by atoms with van der Waals surface area (Å²) in [5.41, 5.74) is 16.9. The monoisotopic (exact) mass is 143 g/mol. The van der Waals surface area contributed by atoms with Crippen molar-refractivity contribution in [2.24, 2.45) is 23.1 Å². The lowest BCUT2D eigenvalue weighted by atomic mass is 10.00. The Labute approximate surface area is 62.3 Å². The van der Waals surface area contributed by atoms with E-state index in [1.165, 1.54) is 0 Å². The van der Waals surface area contributed by atoms with Crippen LogP contribution in [0.1, 0.15) is 26.7 Å². The van der Waals surface area contributed by atoms with Crippen LogP contribution in [0.2, 0.25) is 0 Å². The molecule has 0 aromatic carbocycles. The van der Waals surface area contributed by atoms with Crippen LogP contribution in [0.3, 0.4) is 0 Å². The second-order valence-corrected chi connectivity index (χ2v) is 2.42. The maximum absolute atomic E-state index is 5.61. The van der Waals surface area contributed by atoms with Crippen LogP contribution >= 0.6 is 0 Å². The Hall–Kier alpha value is -0.860. The quantitative estimate of drug-likeness (QED) is 0.537. The zero-order valence-corrected chi connectivity index (χ0v) is 6.72. The Morgan fingerprint density at radius 1 is 1.10 bits per heavy atom. The van der Waals surface area contributed by atoms with Gasteiger partial charge in [0.05, 0.1) is 5.70 Å². The van der Waals surface area contributed by atoms with Crippen LogP contribution < -0.4 is 17.2 Å². The molecule has 0 bridgehead atoms. The summed E-state index contributed by atoms with van der Waals surface area (Å²) in [6, 6.07) is 0. The lowest BCUT2D eigenvalue weighted by Gasteiger charge is -2.13. The highest BCUT2D eigenvalue weighted by molar-refractivity contribution is 5.06. The number of hydrogen-bond acceptors (Lipinski definition) is 3. The molecule has 0 aliphatic heterocycles. The van der Waals surface area contributed by atoms with Crippen LogP contribution in [-0.4, -0.2) is 0 Å². The van der Waals surface area contributed by atoms with Crippen molar-refractivity contribution >= 4 is 0 Å². The fraction of sp³-hybridized carbons (Fsp3) is 0.714. The van der Waals surface area contributed by atoms with Crippen LogP contribution in [0, 0.1) is 5.92 Å². The van der Waals surface area contributed by atoms with E-state index in [1.807, 2.05) is 0 Å². The molecule has 6 N–H and O–H groups in total. The molecular weight excluding hydrogens is 126 g/mol. The molecule has 0 aliphatic rings. The van der Waals surface area contributed by atoms with E-state index < -0.39 is 0 Å². The summed E-state index contributed by atoms with van der Waals surface area (Å²) in [5, 5.41) is 0. The first-order valence-electron chi connectivity index (χ1n) is 3.64. The Morgan fingerprint density at radius 3 is 1.60 bits per heavy atom. The molecule has 0 fully saturated rings. The highest BCUT2D eigenvalue weighted by Gasteiger charge is 2.07. The average Bonchev–Trinajstić information content (AvgIpc) is 1.90. The van der Waals surface area contributed by atoms with Crippen LogP contribution in [0.15, 0.2) is 11.5 Å². The van der Waals surface area contributed by atoms with Gasteiger partial charge in [-0.05, 0) is 12.8 Å². The summed E-state index contributed by atoms with van der Waals surface area (Å²) < 4.78 is 0. The van der Waals surface area contributed by atoms with Gasteiger partial charge in [-0.15, -0.1) is 0 Å². The molecule has 0 aromatic heterocycles. The molecule has 0 rings (SSSR count). The minimum Gasteiger partial charge on any atom is -0.399 e. The van der Waals surface area contributed by atoms with Crippen LogP contribution in [0.5, 0.6) is 0 Å². The van der Waals surface area contributed by atoms with Gasteiger partial charge in [-0.25, -0.2) is 0 Å². The minimum atomic E-state index is 0.272. The third-order valence-corrected chi connectivity index (χ3v) is 1.76. The summed E-state index contributed by atoms with van der Waals surface area (Å²) in [6.07, 6.45) is 2.00. The third kappa shape index (κ3) is 2.17. The molecule has 0 aliphatic carbocycles. The zero-order chi connectivity index (χ0) is 8.15. The number of allylic oxidation sites excluding steroid dienone is 1. The van der Waals surface area contributed by atoms with E-state index in [4.69, 9.17) is 17.2 Å². The van der Waals surface area contributed by atoms with Crippen molar-refractivity contribution in [3.8, 4) is 0 Å². The Kier molecular flexibility index (Phi) is 3.69. The molecule has 3 heteroatoms. The van der Waals surface area contributed by atoms with Crippen molar-refractivity contribution < 1.29 is 0 Å². The van der Waals surface area contributed by atoms with Gasteiger partial charge in [0.1, 0.15) is 5.82 Å². The second-order valence-electron chi connectivity index (χ2n) is 2.42. The van der Waals surface area contributed by atoms with Gasteiger partial charge >= 0.3 is 0 Å². The van der Waals surface area contributed by atoms with Gasteiger partial charge in [0.15, 0.2) is 0 Å². The molecule has 0 saturated carbocycles. The Morgan fingerprint density at radius 2 is 1.50 bits per heavy atom. The summed E-state index contributed by atoms with van der Waals surface area (Å²) in [7, 11) is 0. The van der Waals surface area contributed by atoms with Gasteiger partial charge in [0.2, 0.25) is 0 Å². The lowest BCUT2D eigenvalue weighted by Crippen LogP contribution is -2.22. The second kappa shape index (κ2) is 4.04. The molecule has 3 nitrogen and oxygen atoms in total. The molecule has 0 atom stereocenters. The summed E-state index contributed by atoms with van der Waals surface area (Å²) in [5.74, 6) is 0.624. The summed E-state index contributed by atoms with van der Waals surface area (Å²) in [6.45, 7) is 4.15. The molecular formula is C7H17N3. The van der Waals surface area contributed by atoms with E-state index in [0.29, 0.717) is 11.6 Å². The average molecular weight is 143 g/mol. The third-order valence-electron chi connectivity index (χ3n) is 1.76. The van der Waals surface area contributed by atoms with Crippen LogP contribution in [-0.2, 0) is 0 Å². The highest BCUT2D eigenvalue weighted by Crippen LogP contribution is 2.13. The smallest absolute Gasteiger partial charge is 0.113 e. The highest BCUT2D eigenvalue weighted by atomic mass is 14.8. The van der Waals surface area contributed by atoms with Crippen LogP contribution in [0.25, 0.3) is 0 Å². The fourth-order valence-corrected chi connectivity index (χ4v) is 0.964. The molecule has 0 radical (unpaired) electrons. The molecule has 0 spiro atoms. The fourth-order valence-electron chi connectivity index (χ4n) is 0.964. The normalized spacial score (nSPS) is 9.90. The predicted octanol–water partition coefficient (Wildman–Crippen LogP) is 0.468. The summed E-state index contributed by atoms with van der Waals surface area (Å²) >= 11 is 0. The van der Waals surface area contributed by atoms with Crippen molar-refractivity contribution in [3.63, 3.8) is 0 Å². The molecule has 10 heavy (non-hydrogen) atoms. The number of rotatable bonds is 3. The molecule has 0 saturated heterocycles. The van der Waals surface area contributed by atoms with Crippen LogP contribution in [0.4, 0.5) is 0 Å². The van der Waals surface area contributed by atoms with E-state index in [0.717, 1.165) is 12.8 Å². The maximum Gasteiger partial charge on any atom is 0.113 e. The van der Waals surface area contributed by atoms with Crippen molar-refractivity contribution in [1.82, 2.24) is 0 Å². The Balaban J connectivity index is 4.15. The topological polar surface area (TPSA) is 78.1 Å². The van der Waals surface area contributed by atoms with Gasteiger partial charge < -0.3 is 17.2 Å². The zero-order valence-electron chi connectivity index (χ0n) is 6.72. The lowest BCUT2D eigenvalue weighted by molar-refractivity contribution is 0.558. The van der Waals surface area contributed by atoms with Gasteiger partial charge in [-0.1, -0.05) is 13.8 Å². The largest absolute Gasteiger partial charge is 0.399 e. The molecule has 0 aromatic rings.